The minimum atomic E-state index is -0.0253. The van der Waals surface area contributed by atoms with Gasteiger partial charge in [0.25, 0.3) is 0 Å². The van der Waals surface area contributed by atoms with Gasteiger partial charge in [-0.15, -0.1) is 11.3 Å². The fourth-order valence-corrected chi connectivity index (χ4v) is 3.38. The number of ether oxygens (including phenoxy) is 1. The fourth-order valence-electron chi connectivity index (χ4n) is 2.37. The molecule has 94 valence electrons. The van der Waals surface area contributed by atoms with Gasteiger partial charge in [-0.05, 0) is 43.2 Å². The number of hydrogen-bond acceptors (Lipinski definition) is 3. The summed E-state index contributed by atoms with van der Waals surface area (Å²) >= 11 is 1.91. The summed E-state index contributed by atoms with van der Waals surface area (Å²) in [6.07, 6.45) is 3.25. The summed E-state index contributed by atoms with van der Waals surface area (Å²) in [6.45, 7) is 4.45. The maximum absolute atomic E-state index is 11.3. The topological polar surface area (TPSA) is 26.3 Å². The summed E-state index contributed by atoms with van der Waals surface area (Å²) in [7, 11) is 1.48. The van der Waals surface area contributed by atoms with E-state index >= 15 is 0 Å². The van der Waals surface area contributed by atoms with Crippen LogP contribution in [0.4, 0.5) is 0 Å². The van der Waals surface area contributed by atoms with Gasteiger partial charge in [0.15, 0.2) is 0 Å². The second-order valence-electron chi connectivity index (χ2n) is 4.92. The lowest BCUT2D eigenvalue weighted by Crippen LogP contribution is -2.05. The van der Waals surface area contributed by atoms with E-state index in [9.17, 15) is 4.79 Å². The minimum absolute atomic E-state index is 0.0253. The molecule has 1 fully saturated rings. The van der Waals surface area contributed by atoms with Crippen molar-refractivity contribution in [1.82, 2.24) is 0 Å². The normalized spacial score (nSPS) is 24.4. The van der Waals surface area contributed by atoms with Crippen LogP contribution in [0.1, 0.15) is 42.4 Å². The van der Waals surface area contributed by atoms with E-state index in [-0.39, 0.29) is 11.9 Å². The maximum atomic E-state index is 11.3. The SMILES string of the molecule is CCc1ccc(C(C)CC2CC2C(=O)OC)s1. The van der Waals surface area contributed by atoms with Crippen molar-refractivity contribution in [3.63, 3.8) is 0 Å². The lowest BCUT2D eigenvalue weighted by Gasteiger charge is -2.08. The largest absolute Gasteiger partial charge is 0.469 e. The van der Waals surface area contributed by atoms with Gasteiger partial charge >= 0.3 is 5.97 Å². The Balaban J connectivity index is 1.86. The molecule has 1 aliphatic carbocycles. The van der Waals surface area contributed by atoms with Crippen molar-refractivity contribution in [2.75, 3.05) is 7.11 Å². The summed E-state index contributed by atoms with van der Waals surface area (Å²) in [5.74, 6) is 1.26. The number of thiophene rings is 1. The summed E-state index contributed by atoms with van der Waals surface area (Å²) in [4.78, 5) is 14.2. The van der Waals surface area contributed by atoms with Crippen LogP contribution in [-0.4, -0.2) is 13.1 Å². The van der Waals surface area contributed by atoms with Gasteiger partial charge in [-0.25, -0.2) is 0 Å². The van der Waals surface area contributed by atoms with Crippen molar-refractivity contribution in [2.45, 2.75) is 39.0 Å². The lowest BCUT2D eigenvalue weighted by atomic mass is 10.0. The first-order chi connectivity index (χ1) is 8.15. The first-order valence-electron chi connectivity index (χ1n) is 6.32. The molecule has 3 unspecified atom stereocenters. The second kappa shape index (κ2) is 5.21. The number of carbonyl (C=O) groups is 1. The van der Waals surface area contributed by atoms with Gasteiger partial charge in [0.05, 0.1) is 13.0 Å². The number of hydrogen-bond donors (Lipinski definition) is 0. The highest BCUT2D eigenvalue weighted by molar-refractivity contribution is 7.12. The zero-order valence-corrected chi connectivity index (χ0v) is 11.5. The number of esters is 1. The van der Waals surface area contributed by atoms with Crippen molar-refractivity contribution in [2.24, 2.45) is 11.8 Å². The molecular weight excluding hydrogens is 232 g/mol. The highest BCUT2D eigenvalue weighted by Gasteiger charge is 2.44. The van der Waals surface area contributed by atoms with E-state index in [1.165, 1.54) is 16.9 Å². The molecular formula is C14H20O2S. The zero-order chi connectivity index (χ0) is 12.4. The van der Waals surface area contributed by atoms with Gasteiger partial charge in [-0.1, -0.05) is 13.8 Å². The van der Waals surface area contributed by atoms with E-state index in [1.807, 2.05) is 11.3 Å². The van der Waals surface area contributed by atoms with Crippen molar-refractivity contribution >= 4 is 17.3 Å². The molecule has 0 aromatic carbocycles. The highest BCUT2D eigenvalue weighted by atomic mass is 32.1. The molecule has 1 saturated carbocycles. The molecule has 0 N–H and O–H groups in total. The van der Waals surface area contributed by atoms with Gasteiger partial charge in [0.1, 0.15) is 0 Å². The number of aryl methyl sites for hydroxylation is 1. The predicted molar refractivity (Wildman–Crippen MR) is 70.3 cm³/mol. The van der Waals surface area contributed by atoms with Crippen LogP contribution in [0.2, 0.25) is 0 Å². The van der Waals surface area contributed by atoms with Gasteiger partial charge in [-0.3, -0.25) is 4.79 Å². The molecule has 1 heterocycles. The molecule has 0 aliphatic heterocycles. The molecule has 0 amide bonds. The molecule has 1 aliphatic rings. The summed E-state index contributed by atoms with van der Waals surface area (Å²) in [6, 6.07) is 4.46. The van der Waals surface area contributed by atoms with E-state index in [1.54, 1.807) is 0 Å². The van der Waals surface area contributed by atoms with Crippen LogP contribution >= 0.6 is 11.3 Å². The summed E-state index contributed by atoms with van der Waals surface area (Å²) in [5.41, 5.74) is 0. The third-order valence-electron chi connectivity index (χ3n) is 3.60. The lowest BCUT2D eigenvalue weighted by molar-refractivity contribution is -0.142. The van der Waals surface area contributed by atoms with E-state index in [0.29, 0.717) is 11.8 Å². The number of carbonyl (C=O) groups excluding carboxylic acids is 1. The van der Waals surface area contributed by atoms with Crippen LogP contribution in [0.15, 0.2) is 12.1 Å². The molecule has 2 nitrogen and oxygen atoms in total. The Kier molecular flexibility index (Phi) is 3.87. The van der Waals surface area contributed by atoms with Gasteiger partial charge in [-0.2, -0.15) is 0 Å². The van der Waals surface area contributed by atoms with E-state index in [0.717, 1.165) is 19.3 Å². The molecule has 0 spiro atoms. The van der Waals surface area contributed by atoms with Crippen molar-refractivity contribution in [3.8, 4) is 0 Å². The molecule has 2 rings (SSSR count). The Labute approximate surface area is 107 Å². The van der Waals surface area contributed by atoms with Crippen molar-refractivity contribution < 1.29 is 9.53 Å². The van der Waals surface area contributed by atoms with Crippen LogP contribution < -0.4 is 0 Å². The molecule has 17 heavy (non-hydrogen) atoms. The molecule has 3 heteroatoms. The Morgan fingerprint density at radius 1 is 1.59 bits per heavy atom. The smallest absolute Gasteiger partial charge is 0.308 e. The molecule has 1 aromatic heterocycles. The van der Waals surface area contributed by atoms with Crippen LogP contribution in [0.25, 0.3) is 0 Å². The Morgan fingerprint density at radius 2 is 2.35 bits per heavy atom. The van der Waals surface area contributed by atoms with Gasteiger partial charge in [0, 0.05) is 9.75 Å². The average Bonchev–Trinajstić information content (AvgIpc) is 2.93. The first-order valence-corrected chi connectivity index (χ1v) is 7.13. The van der Waals surface area contributed by atoms with Crippen LogP contribution in [0.3, 0.4) is 0 Å². The molecule has 0 bridgehead atoms. The van der Waals surface area contributed by atoms with E-state index < -0.39 is 0 Å². The molecule has 0 saturated heterocycles. The Bertz CT molecular complexity index is 397. The zero-order valence-electron chi connectivity index (χ0n) is 10.7. The standard InChI is InChI=1S/C14H20O2S/c1-4-11-5-6-13(17-11)9(2)7-10-8-12(10)14(15)16-3/h5-6,9-10,12H,4,7-8H2,1-3H3. The van der Waals surface area contributed by atoms with E-state index in [4.69, 9.17) is 4.74 Å². The van der Waals surface area contributed by atoms with Crippen molar-refractivity contribution in [3.05, 3.63) is 21.9 Å². The van der Waals surface area contributed by atoms with Crippen LogP contribution in [-0.2, 0) is 16.0 Å². The van der Waals surface area contributed by atoms with Crippen LogP contribution in [0.5, 0.6) is 0 Å². The van der Waals surface area contributed by atoms with Crippen molar-refractivity contribution in [1.29, 1.82) is 0 Å². The van der Waals surface area contributed by atoms with Gasteiger partial charge < -0.3 is 4.74 Å². The maximum Gasteiger partial charge on any atom is 0.308 e. The van der Waals surface area contributed by atoms with E-state index in [2.05, 4.69) is 26.0 Å². The molecule has 1 aromatic rings. The van der Waals surface area contributed by atoms with Crippen LogP contribution in [0, 0.1) is 11.8 Å². The average molecular weight is 252 g/mol. The first kappa shape index (κ1) is 12.6. The van der Waals surface area contributed by atoms with Gasteiger partial charge in [0.2, 0.25) is 0 Å². The minimum Gasteiger partial charge on any atom is -0.469 e. The third kappa shape index (κ3) is 2.89. The monoisotopic (exact) mass is 252 g/mol. The summed E-state index contributed by atoms with van der Waals surface area (Å²) < 4.78 is 4.78. The fraction of sp³-hybridized carbons (Fsp3) is 0.643. The third-order valence-corrected chi connectivity index (χ3v) is 5.06. The number of rotatable bonds is 5. The molecule has 0 radical (unpaired) electrons. The quantitative estimate of drug-likeness (QED) is 0.748. The number of methoxy groups -OCH3 is 1. The summed E-state index contributed by atoms with van der Waals surface area (Å²) in [5, 5.41) is 0. The second-order valence-corrected chi connectivity index (χ2v) is 6.12. The Morgan fingerprint density at radius 3 is 2.94 bits per heavy atom. The highest BCUT2D eigenvalue weighted by Crippen LogP contribution is 2.46. The Hall–Kier alpha value is -0.830. The molecule has 3 atom stereocenters. The predicted octanol–water partition coefficient (Wildman–Crippen LogP) is 3.61.